The second-order valence-corrected chi connectivity index (χ2v) is 6.45. The highest BCUT2D eigenvalue weighted by Crippen LogP contribution is 2.37. The van der Waals surface area contributed by atoms with E-state index in [1.807, 2.05) is 0 Å². The largest absolute Gasteiger partial charge is 0.323 e. The van der Waals surface area contributed by atoms with E-state index in [-0.39, 0.29) is 6.04 Å². The van der Waals surface area contributed by atoms with E-state index >= 15 is 0 Å². The van der Waals surface area contributed by atoms with Gasteiger partial charge < -0.3 is 10.6 Å². The van der Waals surface area contributed by atoms with Gasteiger partial charge >= 0.3 is 0 Å². The van der Waals surface area contributed by atoms with E-state index in [2.05, 4.69) is 43.0 Å². The highest BCUT2D eigenvalue weighted by molar-refractivity contribution is 7.15. The molecule has 0 aliphatic heterocycles. The summed E-state index contributed by atoms with van der Waals surface area (Å²) in [5, 5.41) is 1.08. The molecule has 3 rings (SSSR count). The van der Waals surface area contributed by atoms with Crippen LogP contribution in [-0.4, -0.2) is 11.5 Å². The summed E-state index contributed by atoms with van der Waals surface area (Å²) >= 11 is 1.81. The van der Waals surface area contributed by atoms with Gasteiger partial charge in [0.05, 0.1) is 5.69 Å². The van der Waals surface area contributed by atoms with Crippen molar-refractivity contribution in [2.75, 3.05) is 11.4 Å². The van der Waals surface area contributed by atoms with Gasteiger partial charge in [0.2, 0.25) is 0 Å². The zero-order valence-corrected chi connectivity index (χ0v) is 12.9. The van der Waals surface area contributed by atoms with E-state index in [1.165, 1.54) is 22.5 Å². The predicted octanol–water partition coefficient (Wildman–Crippen LogP) is 3.95. The highest BCUT2D eigenvalue weighted by Gasteiger charge is 2.23. The monoisotopic (exact) mass is 287 g/mol. The van der Waals surface area contributed by atoms with E-state index in [1.54, 1.807) is 11.3 Å². The minimum absolute atomic E-state index is 0.125. The van der Waals surface area contributed by atoms with Gasteiger partial charge in [-0.25, -0.2) is 4.98 Å². The van der Waals surface area contributed by atoms with Crippen LogP contribution in [0, 0.1) is 6.92 Å². The Labute approximate surface area is 124 Å². The molecule has 20 heavy (non-hydrogen) atoms. The molecule has 106 valence electrons. The second kappa shape index (κ2) is 5.54. The summed E-state index contributed by atoms with van der Waals surface area (Å²) in [6, 6.07) is 8.76. The number of rotatable bonds is 3. The molecule has 2 N–H and O–H groups in total. The zero-order chi connectivity index (χ0) is 14.1. The maximum atomic E-state index is 6.19. The lowest BCUT2D eigenvalue weighted by molar-refractivity contribution is 0.563. The first-order valence-electron chi connectivity index (χ1n) is 7.28. The summed E-state index contributed by atoms with van der Waals surface area (Å²) in [6.07, 6.45) is 3.38. The Hall–Kier alpha value is -1.39. The molecule has 0 amide bonds. The van der Waals surface area contributed by atoms with E-state index in [0.29, 0.717) is 0 Å². The van der Waals surface area contributed by atoms with Gasteiger partial charge in [0, 0.05) is 23.2 Å². The lowest BCUT2D eigenvalue weighted by atomic mass is 9.99. The molecule has 1 heterocycles. The summed E-state index contributed by atoms with van der Waals surface area (Å²) < 4.78 is 0. The second-order valence-electron chi connectivity index (χ2n) is 5.38. The van der Waals surface area contributed by atoms with Crippen LogP contribution >= 0.6 is 11.3 Å². The fraction of sp³-hybridized carbons (Fsp3) is 0.438. The first-order valence-corrected chi connectivity index (χ1v) is 8.10. The van der Waals surface area contributed by atoms with Gasteiger partial charge in [-0.15, -0.1) is 11.3 Å². The van der Waals surface area contributed by atoms with Crippen LogP contribution in [0.15, 0.2) is 24.3 Å². The van der Waals surface area contributed by atoms with E-state index in [0.717, 1.165) is 30.2 Å². The Morgan fingerprint density at radius 3 is 2.75 bits per heavy atom. The molecule has 1 aliphatic carbocycles. The van der Waals surface area contributed by atoms with E-state index in [9.17, 15) is 0 Å². The molecule has 3 nitrogen and oxygen atoms in total. The summed E-state index contributed by atoms with van der Waals surface area (Å²) in [5.74, 6) is 0. The van der Waals surface area contributed by atoms with E-state index in [4.69, 9.17) is 10.7 Å². The Morgan fingerprint density at radius 2 is 2.10 bits per heavy atom. The number of aromatic nitrogens is 1. The van der Waals surface area contributed by atoms with Gasteiger partial charge in [0.1, 0.15) is 0 Å². The van der Waals surface area contributed by atoms with Crippen molar-refractivity contribution in [3.63, 3.8) is 0 Å². The lowest BCUT2D eigenvalue weighted by Crippen LogP contribution is -2.18. The zero-order valence-electron chi connectivity index (χ0n) is 12.1. The maximum Gasteiger partial charge on any atom is 0.190 e. The first-order chi connectivity index (χ1) is 9.69. The Bertz CT molecular complexity index is 588. The van der Waals surface area contributed by atoms with Gasteiger partial charge in [0.25, 0.3) is 0 Å². The topological polar surface area (TPSA) is 42.2 Å². The van der Waals surface area contributed by atoms with Crippen molar-refractivity contribution in [3.8, 4) is 0 Å². The van der Waals surface area contributed by atoms with Crippen molar-refractivity contribution in [2.24, 2.45) is 5.73 Å². The average molecular weight is 287 g/mol. The molecule has 1 unspecified atom stereocenters. The molecule has 1 atom stereocenters. The van der Waals surface area contributed by atoms with Crippen molar-refractivity contribution >= 4 is 22.2 Å². The van der Waals surface area contributed by atoms with Crippen LogP contribution in [0.2, 0.25) is 0 Å². The van der Waals surface area contributed by atoms with Gasteiger partial charge in [0.15, 0.2) is 5.13 Å². The molecule has 0 saturated carbocycles. The Morgan fingerprint density at radius 1 is 1.35 bits per heavy atom. The lowest BCUT2D eigenvalue weighted by Gasteiger charge is -2.20. The van der Waals surface area contributed by atoms with Gasteiger partial charge in [-0.2, -0.15) is 0 Å². The molecule has 0 bridgehead atoms. The van der Waals surface area contributed by atoms with Crippen LogP contribution in [0.25, 0.3) is 0 Å². The fourth-order valence-electron chi connectivity index (χ4n) is 2.71. The van der Waals surface area contributed by atoms with Crippen LogP contribution in [0.1, 0.15) is 41.9 Å². The van der Waals surface area contributed by atoms with Crippen molar-refractivity contribution in [1.29, 1.82) is 0 Å². The van der Waals surface area contributed by atoms with Crippen LogP contribution in [-0.2, 0) is 6.42 Å². The minimum Gasteiger partial charge on any atom is -0.323 e. The third-order valence-corrected chi connectivity index (χ3v) is 5.03. The van der Waals surface area contributed by atoms with Crippen molar-refractivity contribution in [3.05, 3.63) is 40.4 Å². The van der Waals surface area contributed by atoms with E-state index < -0.39 is 0 Å². The van der Waals surface area contributed by atoms with Crippen LogP contribution in [0.3, 0.4) is 0 Å². The normalized spacial score (nSPS) is 17.9. The number of hydrogen-bond donors (Lipinski definition) is 1. The van der Waals surface area contributed by atoms with Crippen molar-refractivity contribution < 1.29 is 0 Å². The fourth-order valence-corrected chi connectivity index (χ4v) is 3.96. The number of nitrogens with zero attached hydrogens (tertiary/aromatic N) is 2. The number of anilines is 2. The summed E-state index contributed by atoms with van der Waals surface area (Å²) in [7, 11) is 0. The third kappa shape index (κ3) is 2.45. The van der Waals surface area contributed by atoms with Gasteiger partial charge in [-0.05, 0) is 45.2 Å². The molecule has 1 aromatic heterocycles. The number of benzene rings is 1. The smallest absolute Gasteiger partial charge is 0.190 e. The van der Waals surface area contributed by atoms with Crippen LogP contribution < -0.4 is 10.6 Å². The van der Waals surface area contributed by atoms with Gasteiger partial charge in [-0.3, -0.25) is 0 Å². The SMILES string of the molecule is CCN(c1ccc(C)cc1)c1nc2c(s1)CCCC2N. The number of fused-ring (bicyclic) bond motifs is 1. The first kappa shape index (κ1) is 13.6. The summed E-state index contributed by atoms with van der Waals surface area (Å²) in [4.78, 5) is 8.47. The molecule has 1 aliphatic rings. The summed E-state index contributed by atoms with van der Waals surface area (Å²) in [6.45, 7) is 5.20. The molecule has 0 saturated heterocycles. The molecular weight excluding hydrogens is 266 g/mol. The quantitative estimate of drug-likeness (QED) is 0.929. The average Bonchev–Trinajstić information content (AvgIpc) is 2.87. The molecular formula is C16H21N3S. The van der Waals surface area contributed by atoms with Crippen LogP contribution in [0.5, 0.6) is 0 Å². The summed E-state index contributed by atoms with van der Waals surface area (Å²) in [5.41, 5.74) is 9.80. The standard InChI is InChI=1S/C16H21N3S/c1-3-19(12-9-7-11(2)8-10-12)16-18-15-13(17)5-4-6-14(15)20-16/h7-10,13H,3-6,17H2,1-2H3. The van der Waals surface area contributed by atoms with Crippen molar-refractivity contribution in [1.82, 2.24) is 4.98 Å². The molecule has 1 aromatic carbocycles. The number of hydrogen-bond acceptors (Lipinski definition) is 4. The number of nitrogens with two attached hydrogens (primary N) is 1. The molecule has 0 radical (unpaired) electrons. The Balaban J connectivity index is 1.95. The van der Waals surface area contributed by atoms with Crippen molar-refractivity contribution in [2.45, 2.75) is 39.2 Å². The number of aryl methyl sites for hydroxylation is 2. The minimum atomic E-state index is 0.125. The van der Waals surface area contributed by atoms with Crippen LogP contribution in [0.4, 0.5) is 10.8 Å². The Kier molecular flexibility index (Phi) is 3.76. The highest BCUT2D eigenvalue weighted by atomic mass is 32.1. The molecule has 2 aromatic rings. The molecule has 0 spiro atoms. The third-order valence-electron chi connectivity index (χ3n) is 3.88. The van der Waals surface area contributed by atoms with Gasteiger partial charge in [-0.1, -0.05) is 17.7 Å². The molecule has 0 fully saturated rings. The molecule has 4 heteroatoms. The number of thiazole rings is 1. The predicted molar refractivity (Wildman–Crippen MR) is 85.8 cm³/mol. The maximum absolute atomic E-state index is 6.19.